The second-order valence-corrected chi connectivity index (χ2v) is 7.71. The van der Waals surface area contributed by atoms with Gasteiger partial charge in [-0.3, -0.25) is 9.78 Å². The third-order valence-corrected chi connectivity index (χ3v) is 5.92. The van der Waals surface area contributed by atoms with E-state index in [1.54, 1.807) is 13.3 Å². The summed E-state index contributed by atoms with van der Waals surface area (Å²) < 4.78 is 5.24. The highest BCUT2D eigenvalue weighted by molar-refractivity contribution is 7.17. The van der Waals surface area contributed by atoms with Crippen LogP contribution in [-0.2, 0) is 0 Å². The van der Waals surface area contributed by atoms with Crippen LogP contribution >= 0.6 is 11.3 Å². The lowest BCUT2D eigenvalue weighted by Crippen LogP contribution is -2.29. The lowest BCUT2D eigenvalue weighted by Gasteiger charge is -2.19. The zero-order chi connectivity index (χ0) is 18.8. The third-order valence-electron chi connectivity index (χ3n) is 4.74. The van der Waals surface area contributed by atoms with Gasteiger partial charge in [0, 0.05) is 6.20 Å². The fourth-order valence-electron chi connectivity index (χ4n) is 3.13. The van der Waals surface area contributed by atoms with E-state index in [4.69, 9.17) is 4.74 Å². The molecule has 4 rings (SSSR count). The highest BCUT2D eigenvalue weighted by atomic mass is 32.1. The number of rotatable bonds is 6. The summed E-state index contributed by atoms with van der Waals surface area (Å²) in [6, 6.07) is 13.6. The first-order valence-corrected chi connectivity index (χ1v) is 9.81. The summed E-state index contributed by atoms with van der Waals surface area (Å²) in [7, 11) is 1.65. The molecule has 2 aromatic heterocycles. The predicted octanol–water partition coefficient (Wildman–Crippen LogP) is 4.40. The summed E-state index contributed by atoms with van der Waals surface area (Å²) in [6.45, 7) is 1.87. The molecule has 1 N–H and O–H groups in total. The Bertz CT molecular complexity index is 934. The lowest BCUT2D eigenvalue weighted by atomic mass is 10.0. The van der Waals surface area contributed by atoms with Crippen molar-refractivity contribution in [1.82, 2.24) is 15.3 Å². The van der Waals surface area contributed by atoms with E-state index >= 15 is 0 Å². The molecule has 27 heavy (non-hydrogen) atoms. The Hall–Kier alpha value is -2.73. The van der Waals surface area contributed by atoms with Gasteiger partial charge in [0.25, 0.3) is 5.91 Å². The van der Waals surface area contributed by atoms with Crippen molar-refractivity contribution >= 4 is 17.2 Å². The van der Waals surface area contributed by atoms with Crippen molar-refractivity contribution in [3.05, 3.63) is 64.8 Å². The average Bonchev–Trinajstić information content (AvgIpc) is 3.48. The van der Waals surface area contributed by atoms with Crippen LogP contribution in [0.25, 0.3) is 10.7 Å². The zero-order valence-corrected chi connectivity index (χ0v) is 16.1. The Balaban J connectivity index is 1.56. The third kappa shape index (κ3) is 3.85. The van der Waals surface area contributed by atoms with Crippen LogP contribution in [0.1, 0.15) is 39.8 Å². The van der Waals surface area contributed by atoms with Crippen LogP contribution in [0.15, 0.2) is 48.7 Å². The van der Waals surface area contributed by atoms with Crippen molar-refractivity contribution in [2.24, 2.45) is 5.92 Å². The van der Waals surface area contributed by atoms with Gasteiger partial charge in [-0.2, -0.15) is 0 Å². The van der Waals surface area contributed by atoms with Crippen molar-refractivity contribution in [3.8, 4) is 16.5 Å². The smallest absolute Gasteiger partial charge is 0.263 e. The van der Waals surface area contributed by atoms with Gasteiger partial charge >= 0.3 is 0 Å². The van der Waals surface area contributed by atoms with Crippen LogP contribution in [0.2, 0.25) is 0 Å². The molecule has 5 nitrogen and oxygen atoms in total. The Kier molecular flexibility index (Phi) is 4.90. The van der Waals surface area contributed by atoms with Gasteiger partial charge in [-0.1, -0.05) is 18.2 Å². The molecule has 0 spiro atoms. The Labute approximate surface area is 162 Å². The second-order valence-electron chi connectivity index (χ2n) is 6.71. The number of pyridine rings is 1. The van der Waals surface area contributed by atoms with Gasteiger partial charge in [-0.05, 0) is 55.5 Å². The first-order chi connectivity index (χ1) is 13.2. The summed E-state index contributed by atoms with van der Waals surface area (Å²) in [5, 5.41) is 3.99. The topological polar surface area (TPSA) is 64.1 Å². The van der Waals surface area contributed by atoms with Crippen molar-refractivity contribution in [2.45, 2.75) is 25.8 Å². The molecule has 1 atom stereocenters. The molecule has 3 aromatic rings. The van der Waals surface area contributed by atoms with E-state index in [-0.39, 0.29) is 11.9 Å². The first kappa shape index (κ1) is 17.7. The van der Waals surface area contributed by atoms with Gasteiger partial charge < -0.3 is 10.1 Å². The van der Waals surface area contributed by atoms with E-state index in [9.17, 15) is 4.79 Å². The van der Waals surface area contributed by atoms with E-state index in [2.05, 4.69) is 15.3 Å². The van der Waals surface area contributed by atoms with Crippen LogP contribution in [0.5, 0.6) is 5.75 Å². The second kappa shape index (κ2) is 7.48. The minimum absolute atomic E-state index is 0.0169. The number of carbonyl (C=O) groups excluding carboxylic acids is 1. The van der Waals surface area contributed by atoms with Crippen LogP contribution in [-0.4, -0.2) is 23.0 Å². The standard InChI is InChI=1S/C21H21N3O2S/c1-13-19(27-21(23-13)17-5-3-4-12-22-17)20(25)24-18(14-6-7-14)15-8-10-16(26-2)11-9-15/h3-5,8-12,14,18H,6-7H2,1-2H3,(H,24,25). The highest BCUT2D eigenvalue weighted by Gasteiger charge is 2.34. The molecule has 1 aliphatic carbocycles. The maximum atomic E-state index is 13.0. The summed E-state index contributed by atoms with van der Waals surface area (Å²) >= 11 is 1.39. The van der Waals surface area contributed by atoms with Gasteiger partial charge in [0.05, 0.1) is 24.5 Å². The van der Waals surface area contributed by atoms with Crippen molar-refractivity contribution in [2.75, 3.05) is 7.11 Å². The number of carbonyl (C=O) groups is 1. The Morgan fingerprint density at radius 3 is 2.63 bits per heavy atom. The molecule has 1 aromatic carbocycles. The quantitative estimate of drug-likeness (QED) is 0.689. The van der Waals surface area contributed by atoms with Gasteiger partial charge in [-0.15, -0.1) is 11.3 Å². The molecule has 1 amide bonds. The van der Waals surface area contributed by atoms with E-state index in [1.807, 2.05) is 49.4 Å². The molecule has 0 bridgehead atoms. The summed E-state index contributed by atoms with van der Waals surface area (Å²) in [6.07, 6.45) is 4.01. The van der Waals surface area contributed by atoms with Gasteiger partial charge in [0.1, 0.15) is 15.6 Å². The van der Waals surface area contributed by atoms with Crippen LogP contribution in [0.3, 0.4) is 0 Å². The number of ether oxygens (including phenoxy) is 1. The van der Waals surface area contributed by atoms with Gasteiger partial charge in [0.2, 0.25) is 0 Å². The highest BCUT2D eigenvalue weighted by Crippen LogP contribution is 2.41. The largest absolute Gasteiger partial charge is 0.497 e. The molecular weight excluding hydrogens is 358 g/mol. The molecule has 138 valence electrons. The fourth-order valence-corrected chi connectivity index (χ4v) is 4.07. The van der Waals surface area contributed by atoms with Crippen LogP contribution < -0.4 is 10.1 Å². The van der Waals surface area contributed by atoms with Gasteiger partial charge in [0.15, 0.2) is 0 Å². The molecule has 0 radical (unpaired) electrons. The average molecular weight is 379 g/mol. The maximum Gasteiger partial charge on any atom is 0.263 e. The fraction of sp³-hybridized carbons (Fsp3) is 0.286. The number of amides is 1. The maximum absolute atomic E-state index is 13.0. The lowest BCUT2D eigenvalue weighted by molar-refractivity contribution is 0.0935. The van der Waals surface area contributed by atoms with Crippen LogP contribution in [0.4, 0.5) is 0 Å². The van der Waals surface area contributed by atoms with E-state index < -0.39 is 0 Å². The molecule has 1 unspecified atom stereocenters. The number of hydrogen-bond acceptors (Lipinski definition) is 5. The number of thiazole rings is 1. The molecule has 1 fully saturated rings. The molecule has 1 saturated carbocycles. The molecule has 0 aliphatic heterocycles. The number of aryl methyl sites for hydroxylation is 1. The number of nitrogens with one attached hydrogen (secondary N) is 1. The number of hydrogen-bond donors (Lipinski definition) is 1. The number of nitrogens with zero attached hydrogens (tertiary/aromatic N) is 2. The van der Waals surface area contributed by atoms with Crippen molar-refractivity contribution in [3.63, 3.8) is 0 Å². The molecule has 6 heteroatoms. The zero-order valence-electron chi connectivity index (χ0n) is 15.3. The molecule has 2 heterocycles. The predicted molar refractivity (Wildman–Crippen MR) is 106 cm³/mol. The van der Waals surface area contributed by atoms with E-state index in [1.165, 1.54) is 11.3 Å². The number of benzene rings is 1. The summed E-state index contributed by atoms with van der Waals surface area (Å²) in [5.41, 5.74) is 2.64. The van der Waals surface area contributed by atoms with Crippen LogP contribution in [0, 0.1) is 12.8 Å². The minimum atomic E-state index is -0.0695. The van der Waals surface area contributed by atoms with Crippen molar-refractivity contribution < 1.29 is 9.53 Å². The van der Waals surface area contributed by atoms with E-state index in [0.29, 0.717) is 10.8 Å². The summed E-state index contributed by atoms with van der Waals surface area (Å²) in [4.78, 5) is 22.5. The monoisotopic (exact) mass is 379 g/mol. The molecule has 1 aliphatic rings. The number of methoxy groups -OCH3 is 1. The van der Waals surface area contributed by atoms with Gasteiger partial charge in [-0.25, -0.2) is 4.98 Å². The Morgan fingerprint density at radius 1 is 1.22 bits per heavy atom. The normalized spacial score (nSPS) is 14.6. The SMILES string of the molecule is COc1ccc(C(NC(=O)c2sc(-c3ccccn3)nc2C)C2CC2)cc1. The molecule has 0 saturated heterocycles. The molecular formula is C21H21N3O2S. The number of aromatic nitrogens is 2. The summed E-state index contributed by atoms with van der Waals surface area (Å²) in [5.74, 6) is 1.24. The first-order valence-electron chi connectivity index (χ1n) is 8.99. The van der Waals surface area contributed by atoms with Crippen molar-refractivity contribution in [1.29, 1.82) is 0 Å². The minimum Gasteiger partial charge on any atom is -0.497 e. The van der Waals surface area contributed by atoms with E-state index in [0.717, 1.165) is 40.6 Å². The Morgan fingerprint density at radius 2 is 2.00 bits per heavy atom.